The van der Waals surface area contributed by atoms with Crippen LogP contribution in [0.2, 0.25) is 0 Å². The van der Waals surface area contributed by atoms with Gasteiger partial charge in [0.05, 0.1) is 18.4 Å². The molecule has 0 atom stereocenters. The van der Waals surface area contributed by atoms with Crippen LogP contribution in [0.15, 0.2) is 72.4 Å². The summed E-state index contributed by atoms with van der Waals surface area (Å²) in [7, 11) is 1.59. The van der Waals surface area contributed by atoms with Crippen molar-refractivity contribution in [1.29, 1.82) is 0 Å². The highest BCUT2D eigenvalue weighted by Crippen LogP contribution is 2.36. The molecule has 3 aromatic carbocycles. The van der Waals surface area contributed by atoms with E-state index in [1.54, 1.807) is 13.2 Å². The SMILES string of the molecule is COc1cccc(NC2=C(c3ccc(C)cc3C)C(=O)N(c3ccc(C(C)(C)C)cc3)C2=O)c1. The van der Waals surface area contributed by atoms with Gasteiger partial charge in [-0.2, -0.15) is 0 Å². The number of nitrogens with zero attached hydrogens (tertiary/aromatic N) is 1. The van der Waals surface area contributed by atoms with E-state index in [0.29, 0.717) is 22.7 Å². The van der Waals surface area contributed by atoms with Crippen molar-refractivity contribution in [2.75, 3.05) is 17.3 Å². The summed E-state index contributed by atoms with van der Waals surface area (Å²) in [4.78, 5) is 28.7. The maximum absolute atomic E-state index is 13.7. The molecule has 1 N–H and O–H groups in total. The summed E-state index contributed by atoms with van der Waals surface area (Å²) in [6.07, 6.45) is 0. The highest BCUT2D eigenvalue weighted by Gasteiger charge is 2.40. The molecule has 0 aromatic heterocycles. The third kappa shape index (κ3) is 4.34. The fraction of sp³-hybridized carbons (Fsp3) is 0.241. The lowest BCUT2D eigenvalue weighted by Gasteiger charge is -2.21. The molecule has 34 heavy (non-hydrogen) atoms. The van der Waals surface area contributed by atoms with E-state index < -0.39 is 0 Å². The van der Waals surface area contributed by atoms with Crippen LogP contribution < -0.4 is 15.0 Å². The number of carbonyl (C=O) groups excluding carboxylic acids is 2. The van der Waals surface area contributed by atoms with E-state index in [9.17, 15) is 9.59 Å². The van der Waals surface area contributed by atoms with Crippen molar-refractivity contribution in [1.82, 2.24) is 0 Å². The topological polar surface area (TPSA) is 58.6 Å². The van der Waals surface area contributed by atoms with Gasteiger partial charge in [0.15, 0.2) is 0 Å². The molecule has 5 nitrogen and oxygen atoms in total. The number of hydrogen-bond donors (Lipinski definition) is 1. The largest absolute Gasteiger partial charge is 0.497 e. The van der Waals surface area contributed by atoms with E-state index in [1.807, 2.05) is 74.5 Å². The molecule has 0 unspecified atom stereocenters. The van der Waals surface area contributed by atoms with Crippen molar-refractivity contribution in [3.05, 3.63) is 94.7 Å². The maximum Gasteiger partial charge on any atom is 0.282 e. The number of imide groups is 1. The van der Waals surface area contributed by atoms with Crippen molar-refractivity contribution in [2.24, 2.45) is 0 Å². The van der Waals surface area contributed by atoms with Crippen molar-refractivity contribution >= 4 is 28.8 Å². The molecule has 0 radical (unpaired) electrons. The van der Waals surface area contributed by atoms with Crippen LogP contribution in [0, 0.1) is 13.8 Å². The van der Waals surface area contributed by atoms with Gasteiger partial charge in [-0.15, -0.1) is 0 Å². The van der Waals surface area contributed by atoms with Gasteiger partial charge in [0.2, 0.25) is 0 Å². The van der Waals surface area contributed by atoms with Crippen LogP contribution in [0.25, 0.3) is 5.57 Å². The second-order valence-electron chi connectivity index (χ2n) is 9.67. The quantitative estimate of drug-likeness (QED) is 0.480. The zero-order valence-corrected chi connectivity index (χ0v) is 20.5. The van der Waals surface area contributed by atoms with Crippen molar-refractivity contribution in [3.63, 3.8) is 0 Å². The van der Waals surface area contributed by atoms with E-state index in [-0.39, 0.29) is 22.9 Å². The molecule has 0 aliphatic carbocycles. The first kappa shape index (κ1) is 23.3. The molecule has 1 heterocycles. The molecule has 0 saturated carbocycles. The Morgan fingerprint density at radius 3 is 2.18 bits per heavy atom. The Labute approximate surface area is 201 Å². The Kier molecular flexibility index (Phi) is 6.05. The van der Waals surface area contributed by atoms with Crippen LogP contribution in [0.5, 0.6) is 5.75 Å². The molecule has 1 aliphatic rings. The first-order valence-electron chi connectivity index (χ1n) is 11.3. The Bertz CT molecular complexity index is 1300. The van der Waals surface area contributed by atoms with E-state index in [4.69, 9.17) is 4.74 Å². The second kappa shape index (κ2) is 8.82. The van der Waals surface area contributed by atoms with Crippen molar-refractivity contribution in [2.45, 2.75) is 40.0 Å². The summed E-state index contributed by atoms with van der Waals surface area (Å²) in [6.45, 7) is 10.3. The third-order valence-corrected chi connectivity index (χ3v) is 6.07. The summed E-state index contributed by atoms with van der Waals surface area (Å²) in [5, 5.41) is 3.21. The number of nitrogens with one attached hydrogen (secondary N) is 1. The van der Waals surface area contributed by atoms with Crippen molar-refractivity contribution < 1.29 is 14.3 Å². The lowest BCUT2D eigenvalue weighted by atomic mass is 9.87. The fourth-order valence-electron chi connectivity index (χ4n) is 4.18. The van der Waals surface area contributed by atoms with Crippen LogP contribution in [0.3, 0.4) is 0 Å². The van der Waals surface area contributed by atoms with E-state index >= 15 is 0 Å². The summed E-state index contributed by atoms with van der Waals surface area (Å²) in [5.41, 5.74) is 5.71. The number of amides is 2. The predicted molar refractivity (Wildman–Crippen MR) is 137 cm³/mol. The molecular weight excluding hydrogens is 424 g/mol. The zero-order valence-electron chi connectivity index (χ0n) is 20.5. The highest BCUT2D eigenvalue weighted by molar-refractivity contribution is 6.46. The van der Waals surface area contributed by atoms with Gasteiger partial charge in [0.25, 0.3) is 11.8 Å². The lowest BCUT2D eigenvalue weighted by molar-refractivity contribution is -0.120. The van der Waals surface area contributed by atoms with Gasteiger partial charge in [-0.1, -0.05) is 62.7 Å². The average Bonchev–Trinajstić information content (AvgIpc) is 3.03. The van der Waals surface area contributed by atoms with E-state index in [0.717, 1.165) is 22.3 Å². The number of carbonyl (C=O) groups is 2. The first-order chi connectivity index (χ1) is 16.1. The predicted octanol–water partition coefficient (Wildman–Crippen LogP) is 6.01. The zero-order chi connectivity index (χ0) is 24.6. The van der Waals surface area contributed by atoms with Crippen LogP contribution in [0.4, 0.5) is 11.4 Å². The molecular formula is C29H30N2O3. The molecule has 5 heteroatoms. The minimum absolute atomic E-state index is 0.0287. The molecule has 3 aromatic rings. The Hall–Kier alpha value is -3.86. The van der Waals surface area contributed by atoms with Crippen LogP contribution in [-0.2, 0) is 15.0 Å². The van der Waals surface area contributed by atoms with E-state index in [2.05, 4.69) is 26.1 Å². The summed E-state index contributed by atoms with van der Waals surface area (Å²) in [6, 6.07) is 20.8. The Morgan fingerprint density at radius 2 is 1.56 bits per heavy atom. The molecule has 0 bridgehead atoms. The minimum Gasteiger partial charge on any atom is -0.497 e. The summed E-state index contributed by atoms with van der Waals surface area (Å²) in [5.74, 6) is -0.0674. The number of aryl methyl sites for hydroxylation is 2. The number of hydrogen-bond acceptors (Lipinski definition) is 4. The lowest BCUT2D eigenvalue weighted by Crippen LogP contribution is -2.32. The average molecular weight is 455 g/mol. The summed E-state index contributed by atoms with van der Waals surface area (Å²) >= 11 is 0. The first-order valence-corrected chi connectivity index (χ1v) is 11.3. The van der Waals surface area contributed by atoms with Crippen LogP contribution in [-0.4, -0.2) is 18.9 Å². The molecule has 0 spiro atoms. The Morgan fingerprint density at radius 1 is 0.853 bits per heavy atom. The molecule has 0 fully saturated rings. The van der Waals surface area contributed by atoms with Gasteiger partial charge in [0, 0.05) is 11.8 Å². The number of rotatable bonds is 5. The molecule has 2 amide bonds. The monoisotopic (exact) mass is 454 g/mol. The standard InChI is InChI=1S/C29H30N2O3/c1-18-10-15-24(19(2)16-18)25-26(30-21-8-7-9-23(17-21)34-6)28(33)31(27(25)32)22-13-11-20(12-14-22)29(3,4)5/h7-17,30H,1-6H3. The minimum atomic E-state index is -0.383. The number of methoxy groups -OCH3 is 1. The Balaban J connectivity index is 1.81. The molecule has 174 valence electrons. The highest BCUT2D eigenvalue weighted by atomic mass is 16.5. The number of benzene rings is 3. The molecule has 0 saturated heterocycles. The third-order valence-electron chi connectivity index (χ3n) is 6.07. The van der Waals surface area contributed by atoms with Gasteiger partial charge in [0.1, 0.15) is 11.4 Å². The maximum atomic E-state index is 13.7. The van der Waals surface area contributed by atoms with Crippen LogP contribution >= 0.6 is 0 Å². The van der Waals surface area contributed by atoms with Gasteiger partial charge in [-0.25, -0.2) is 4.90 Å². The molecule has 4 rings (SSSR count). The van der Waals surface area contributed by atoms with Gasteiger partial charge >= 0.3 is 0 Å². The summed E-state index contributed by atoms with van der Waals surface area (Å²) < 4.78 is 5.32. The van der Waals surface area contributed by atoms with Gasteiger partial charge < -0.3 is 10.1 Å². The number of ether oxygens (including phenoxy) is 1. The molecule has 1 aliphatic heterocycles. The smallest absolute Gasteiger partial charge is 0.282 e. The number of anilines is 2. The van der Waals surface area contributed by atoms with Gasteiger partial charge in [-0.05, 0) is 60.2 Å². The van der Waals surface area contributed by atoms with Crippen LogP contribution in [0.1, 0.15) is 43.0 Å². The van der Waals surface area contributed by atoms with Crippen molar-refractivity contribution in [3.8, 4) is 5.75 Å². The fourth-order valence-corrected chi connectivity index (χ4v) is 4.18. The van der Waals surface area contributed by atoms with E-state index in [1.165, 1.54) is 4.90 Å². The second-order valence-corrected chi connectivity index (χ2v) is 9.67. The normalized spacial score (nSPS) is 14.1. The van der Waals surface area contributed by atoms with Gasteiger partial charge in [-0.3, -0.25) is 9.59 Å².